The first-order chi connectivity index (χ1) is 9.69. The lowest BCUT2D eigenvalue weighted by Crippen LogP contribution is -2.34. The molecule has 6 heteroatoms. The van der Waals surface area contributed by atoms with Crippen molar-refractivity contribution in [1.29, 1.82) is 0 Å². The standard InChI is InChI=1S/C14H18N2O3S/c17-6-2-4-11-3-1-5-12(7-11)15-13(18)8-16-10-20-9-14(16)19/h1,3,5,7,17H,2,4,6,8-10H2,(H,15,18). The summed E-state index contributed by atoms with van der Waals surface area (Å²) in [5, 5.41) is 11.6. The number of benzene rings is 1. The molecule has 5 nitrogen and oxygen atoms in total. The molecule has 0 bridgehead atoms. The van der Waals surface area contributed by atoms with E-state index in [1.807, 2.05) is 24.3 Å². The van der Waals surface area contributed by atoms with Crippen LogP contribution in [0.15, 0.2) is 24.3 Å². The number of aliphatic hydroxyl groups is 1. The third-order valence-corrected chi connectivity index (χ3v) is 3.94. The van der Waals surface area contributed by atoms with Crippen LogP contribution in [0.4, 0.5) is 5.69 Å². The Bertz CT molecular complexity index is 493. The van der Waals surface area contributed by atoms with E-state index in [2.05, 4.69) is 5.32 Å². The van der Waals surface area contributed by atoms with E-state index < -0.39 is 0 Å². The Morgan fingerprint density at radius 3 is 3.00 bits per heavy atom. The number of carbonyl (C=O) groups excluding carboxylic acids is 2. The normalized spacial score (nSPS) is 14.7. The van der Waals surface area contributed by atoms with Crippen molar-refractivity contribution in [2.75, 3.05) is 30.1 Å². The number of hydrogen-bond acceptors (Lipinski definition) is 4. The maximum Gasteiger partial charge on any atom is 0.244 e. The van der Waals surface area contributed by atoms with Crippen LogP contribution in [0.1, 0.15) is 12.0 Å². The third-order valence-electron chi connectivity index (χ3n) is 2.99. The topological polar surface area (TPSA) is 69.6 Å². The van der Waals surface area contributed by atoms with Gasteiger partial charge in [-0.3, -0.25) is 9.59 Å². The fraction of sp³-hybridized carbons (Fsp3) is 0.429. The average Bonchev–Trinajstić information content (AvgIpc) is 2.82. The summed E-state index contributed by atoms with van der Waals surface area (Å²) in [4.78, 5) is 24.9. The van der Waals surface area contributed by atoms with E-state index in [0.717, 1.165) is 17.7 Å². The van der Waals surface area contributed by atoms with Gasteiger partial charge < -0.3 is 15.3 Å². The first-order valence-corrected chi connectivity index (χ1v) is 7.69. The minimum absolute atomic E-state index is 0.0156. The van der Waals surface area contributed by atoms with Crippen LogP contribution in [0.5, 0.6) is 0 Å². The Morgan fingerprint density at radius 2 is 2.30 bits per heavy atom. The van der Waals surface area contributed by atoms with Crippen molar-refractivity contribution in [2.45, 2.75) is 12.8 Å². The molecule has 108 valence electrons. The molecule has 0 aliphatic carbocycles. The van der Waals surface area contributed by atoms with E-state index >= 15 is 0 Å². The molecule has 0 atom stereocenters. The van der Waals surface area contributed by atoms with E-state index in [-0.39, 0.29) is 25.0 Å². The zero-order chi connectivity index (χ0) is 14.4. The fourth-order valence-electron chi connectivity index (χ4n) is 2.00. The fourth-order valence-corrected chi connectivity index (χ4v) is 2.91. The van der Waals surface area contributed by atoms with Crippen molar-refractivity contribution >= 4 is 29.3 Å². The minimum atomic E-state index is -0.180. The molecule has 2 amide bonds. The molecule has 0 saturated carbocycles. The van der Waals surface area contributed by atoms with Gasteiger partial charge in [0.05, 0.1) is 11.6 Å². The number of hydrogen-bond donors (Lipinski definition) is 2. The second-order valence-electron chi connectivity index (χ2n) is 4.64. The highest BCUT2D eigenvalue weighted by atomic mass is 32.2. The molecule has 0 aromatic heterocycles. The number of aliphatic hydroxyl groups excluding tert-OH is 1. The molecule has 0 radical (unpaired) electrons. The molecule has 2 rings (SSSR count). The van der Waals surface area contributed by atoms with Crippen LogP contribution >= 0.6 is 11.8 Å². The molecule has 1 heterocycles. The number of anilines is 1. The quantitative estimate of drug-likeness (QED) is 0.824. The number of amides is 2. The largest absolute Gasteiger partial charge is 0.396 e. The molecule has 1 aromatic rings. The Balaban J connectivity index is 1.88. The number of rotatable bonds is 6. The lowest BCUT2D eigenvalue weighted by molar-refractivity contribution is -0.130. The van der Waals surface area contributed by atoms with Gasteiger partial charge in [0.2, 0.25) is 11.8 Å². The summed E-state index contributed by atoms with van der Waals surface area (Å²) in [5.41, 5.74) is 1.80. The predicted octanol–water partition coefficient (Wildman–Crippen LogP) is 1.08. The highest BCUT2D eigenvalue weighted by Gasteiger charge is 2.22. The molecule has 0 unspecified atom stereocenters. The highest BCUT2D eigenvalue weighted by Crippen LogP contribution is 2.15. The zero-order valence-electron chi connectivity index (χ0n) is 11.2. The summed E-state index contributed by atoms with van der Waals surface area (Å²) in [6, 6.07) is 7.56. The van der Waals surface area contributed by atoms with Crippen molar-refractivity contribution in [2.24, 2.45) is 0 Å². The first-order valence-electron chi connectivity index (χ1n) is 6.54. The number of carbonyl (C=O) groups is 2. The highest BCUT2D eigenvalue weighted by molar-refractivity contribution is 8.00. The van der Waals surface area contributed by atoms with Crippen LogP contribution in [0.2, 0.25) is 0 Å². The Kier molecular flexibility index (Phi) is 5.43. The summed E-state index contributed by atoms with van der Waals surface area (Å²) in [6.45, 7) is 0.262. The van der Waals surface area contributed by atoms with Gasteiger partial charge in [-0.1, -0.05) is 12.1 Å². The number of nitrogens with zero attached hydrogens (tertiary/aromatic N) is 1. The van der Waals surface area contributed by atoms with Gasteiger partial charge in [0, 0.05) is 12.3 Å². The van der Waals surface area contributed by atoms with Gasteiger partial charge in [0.25, 0.3) is 0 Å². The van der Waals surface area contributed by atoms with Gasteiger partial charge in [0.15, 0.2) is 0 Å². The lowest BCUT2D eigenvalue weighted by Gasteiger charge is -2.14. The van der Waals surface area contributed by atoms with Gasteiger partial charge in [-0.2, -0.15) is 0 Å². The van der Waals surface area contributed by atoms with E-state index in [1.165, 1.54) is 11.8 Å². The molecular formula is C14H18N2O3S. The maximum atomic E-state index is 11.9. The molecule has 1 aliphatic rings. The van der Waals surface area contributed by atoms with Crippen molar-refractivity contribution < 1.29 is 14.7 Å². The third kappa shape index (κ3) is 4.25. The van der Waals surface area contributed by atoms with Gasteiger partial charge in [-0.15, -0.1) is 11.8 Å². The lowest BCUT2D eigenvalue weighted by atomic mass is 10.1. The SMILES string of the molecule is O=C(CN1CSCC1=O)Nc1cccc(CCCO)c1. The first kappa shape index (κ1) is 14.9. The molecule has 0 spiro atoms. The smallest absolute Gasteiger partial charge is 0.244 e. The second-order valence-corrected chi connectivity index (χ2v) is 5.60. The predicted molar refractivity (Wildman–Crippen MR) is 79.5 cm³/mol. The van der Waals surface area contributed by atoms with Crippen molar-refractivity contribution in [3.05, 3.63) is 29.8 Å². The molecule has 2 N–H and O–H groups in total. The van der Waals surface area contributed by atoms with Gasteiger partial charge >= 0.3 is 0 Å². The monoisotopic (exact) mass is 294 g/mol. The molecule has 1 saturated heterocycles. The summed E-state index contributed by atoms with van der Waals surface area (Å²) in [6.07, 6.45) is 1.48. The van der Waals surface area contributed by atoms with E-state index in [1.54, 1.807) is 4.90 Å². The van der Waals surface area contributed by atoms with Gasteiger partial charge in [-0.25, -0.2) is 0 Å². The van der Waals surface area contributed by atoms with Gasteiger partial charge in [-0.05, 0) is 30.5 Å². The van der Waals surface area contributed by atoms with E-state index in [4.69, 9.17) is 5.11 Å². The van der Waals surface area contributed by atoms with E-state index in [0.29, 0.717) is 18.1 Å². The van der Waals surface area contributed by atoms with E-state index in [9.17, 15) is 9.59 Å². The molecule has 20 heavy (non-hydrogen) atoms. The van der Waals surface area contributed by atoms with Crippen LogP contribution in [-0.4, -0.2) is 46.6 Å². The van der Waals surface area contributed by atoms with Crippen molar-refractivity contribution in [3.8, 4) is 0 Å². The zero-order valence-corrected chi connectivity index (χ0v) is 12.0. The van der Waals surface area contributed by atoms with Crippen LogP contribution < -0.4 is 5.32 Å². The van der Waals surface area contributed by atoms with Crippen molar-refractivity contribution in [1.82, 2.24) is 4.90 Å². The van der Waals surface area contributed by atoms with Crippen LogP contribution in [0.25, 0.3) is 0 Å². The summed E-state index contributed by atoms with van der Waals surface area (Å²) in [5.74, 6) is 0.884. The van der Waals surface area contributed by atoms with Crippen molar-refractivity contribution in [3.63, 3.8) is 0 Å². The summed E-state index contributed by atoms with van der Waals surface area (Å²) in [7, 11) is 0. The molecule has 1 fully saturated rings. The molecular weight excluding hydrogens is 276 g/mol. The number of aryl methyl sites for hydroxylation is 1. The van der Waals surface area contributed by atoms with Gasteiger partial charge in [0.1, 0.15) is 6.54 Å². The second kappa shape index (κ2) is 7.31. The number of thioether (sulfide) groups is 1. The number of nitrogens with one attached hydrogen (secondary N) is 1. The van der Waals surface area contributed by atoms with Crippen LogP contribution in [0, 0.1) is 0 Å². The summed E-state index contributed by atoms with van der Waals surface area (Å²) < 4.78 is 0. The molecule has 1 aliphatic heterocycles. The summed E-state index contributed by atoms with van der Waals surface area (Å²) >= 11 is 1.52. The van der Waals surface area contributed by atoms with Crippen LogP contribution in [-0.2, 0) is 16.0 Å². The Morgan fingerprint density at radius 1 is 1.45 bits per heavy atom. The average molecular weight is 294 g/mol. The Labute approximate surface area is 122 Å². The Hall–Kier alpha value is -1.53. The molecule has 1 aromatic carbocycles. The van der Waals surface area contributed by atoms with Crippen LogP contribution in [0.3, 0.4) is 0 Å². The minimum Gasteiger partial charge on any atom is -0.396 e. The maximum absolute atomic E-state index is 11.9.